The molecule has 132 valence electrons. The van der Waals surface area contributed by atoms with Crippen molar-refractivity contribution in [2.75, 3.05) is 39.8 Å². The Kier molecular flexibility index (Phi) is 8.33. The molecule has 1 aromatic carbocycles. The van der Waals surface area contributed by atoms with Crippen LogP contribution in [0.15, 0.2) is 0 Å². The summed E-state index contributed by atoms with van der Waals surface area (Å²) in [4.78, 5) is 39.9. The van der Waals surface area contributed by atoms with E-state index < -0.39 is 0 Å². The third-order valence-electron chi connectivity index (χ3n) is 3.24. The molecule has 0 fully saturated rings. The minimum Gasteiger partial charge on any atom is -0.375 e. The summed E-state index contributed by atoms with van der Waals surface area (Å²) in [6.07, 6.45) is 0. The first kappa shape index (κ1) is 22.0. The highest BCUT2D eigenvalue weighted by Crippen LogP contribution is 2.38. The molecule has 0 N–H and O–H groups in total. The predicted molar refractivity (Wildman–Crippen MR) is 118 cm³/mol. The van der Waals surface area contributed by atoms with Gasteiger partial charge in [-0.2, -0.15) is 0 Å². The summed E-state index contributed by atoms with van der Waals surface area (Å²) < 4.78 is 6.79. The molecular formula is C15H17I3N2O4. The molecule has 0 aliphatic carbocycles. The van der Waals surface area contributed by atoms with Gasteiger partial charge < -0.3 is 14.5 Å². The van der Waals surface area contributed by atoms with Gasteiger partial charge in [0.05, 0.1) is 14.8 Å². The van der Waals surface area contributed by atoms with E-state index in [2.05, 4.69) is 45.2 Å². The van der Waals surface area contributed by atoms with Crippen molar-refractivity contribution in [3.05, 3.63) is 21.8 Å². The van der Waals surface area contributed by atoms with Crippen LogP contribution in [0, 0.1) is 10.7 Å². The van der Waals surface area contributed by atoms with Gasteiger partial charge >= 0.3 is 0 Å². The summed E-state index contributed by atoms with van der Waals surface area (Å²) in [6, 6.07) is 0. The molecule has 0 spiro atoms. The number of halogens is 3. The molecule has 1 aromatic rings. The highest BCUT2D eigenvalue weighted by Gasteiger charge is 2.30. The van der Waals surface area contributed by atoms with Crippen molar-refractivity contribution in [1.82, 2.24) is 4.90 Å². The van der Waals surface area contributed by atoms with Crippen molar-refractivity contribution < 1.29 is 19.1 Å². The van der Waals surface area contributed by atoms with Crippen LogP contribution in [0.5, 0.6) is 0 Å². The van der Waals surface area contributed by atoms with Crippen molar-refractivity contribution in [1.29, 1.82) is 0 Å². The minimum atomic E-state index is -0.257. The Labute approximate surface area is 182 Å². The SMILES string of the molecule is COCC(=O)N(C)c1c(I)c(C(C)=O)c(I)c(C(=O)N(C)C)c1I. The first-order chi connectivity index (χ1) is 11.1. The number of nitrogens with zero attached hydrogens (tertiary/aromatic N) is 2. The maximum atomic E-state index is 12.6. The zero-order chi connectivity index (χ0) is 18.8. The van der Waals surface area contributed by atoms with Crippen molar-refractivity contribution in [3.63, 3.8) is 0 Å². The van der Waals surface area contributed by atoms with Gasteiger partial charge in [-0.3, -0.25) is 14.4 Å². The monoisotopic (exact) mass is 670 g/mol. The molecule has 0 saturated heterocycles. The van der Waals surface area contributed by atoms with Crippen LogP contribution in [0.3, 0.4) is 0 Å². The summed E-state index contributed by atoms with van der Waals surface area (Å²) in [5.74, 6) is -0.620. The lowest BCUT2D eigenvalue weighted by Crippen LogP contribution is -2.33. The van der Waals surface area contributed by atoms with Crippen molar-refractivity contribution in [3.8, 4) is 0 Å². The third-order valence-corrected chi connectivity index (χ3v) is 6.42. The molecule has 9 heteroatoms. The molecule has 0 bridgehead atoms. The number of rotatable bonds is 5. The summed E-state index contributed by atoms with van der Waals surface area (Å²) >= 11 is 6.13. The zero-order valence-electron chi connectivity index (χ0n) is 13.9. The largest absolute Gasteiger partial charge is 0.375 e. The number of Topliss-reactive ketones (excluding diaryl/α,β-unsaturated/α-hetero) is 1. The highest BCUT2D eigenvalue weighted by molar-refractivity contribution is 14.1. The fourth-order valence-corrected chi connectivity index (χ4v) is 7.12. The standard InChI is InChI=1S/C15H17I3N2O4/c1-7(21)9-11(16)10(15(23)19(2)3)13(18)14(12(9)17)20(4)8(22)6-24-5/h6H2,1-5H3. The number of hydrogen-bond donors (Lipinski definition) is 0. The van der Waals surface area contributed by atoms with Gasteiger partial charge in [0.2, 0.25) is 0 Å². The molecule has 0 aromatic heterocycles. The second-order valence-electron chi connectivity index (χ2n) is 5.18. The van der Waals surface area contributed by atoms with E-state index >= 15 is 0 Å². The number of carbonyl (C=O) groups is 3. The number of anilines is 1. The number of ether oxygens (including phenoxy) is 1. The van der Waals surface area contributed by atoms with Gasteiger partial charge in [-0.25, -0.2) is 0 Å². The van der Waals surface area contributed by atoms with E-state index in [1.165, 1.54) is 23.8 Å². The number of benzene rings is 1. The van der Waals surface area contributed by atoms with Crippen LogP contribution < -0.4 is 4.90 Å². The van der Waals surface area contributed by atoms with E-state index in [9.17, 15) is 14.4 Å². The summed E-state index contributed by atoms with van der Waals surface area (Å²) in [7, 11) is 6.36. The Morgan fingerprint density at radius 2 is 1.46 bits per heavy atom. The number of carbonyl (C=O) groups excluding carboxylic acids is 3. The maximum absolute atomic E-state index is 12.6. The van der Waals surface area contributed by atoms with Gasteiger partial charge in [0.15, 0.2) is 5.78 Å². The van der Waals surface area contributed by atoms with E-state index in [0.717, 1.165) is 0 Å². The number of methoxy groups -OCH3 is 1. The topological polar surface area (TPSA) is 66.9 Å². The molecule has 0 atom stereocenters. The zero-order valence-corrected chi connectivity index (χ0v) is 20.3. The highest BCUT2D eigenvalue weighted by atomic mass is 127. The summed E-state index contributed by atoms with van der Waals surface area (Å²) in [6.45, 7) is 1.37. The van der Waals surface area contributed by atoms with Gasteiger partial charge in [0.1, 0.15) is 6.61 Å². The van der Waals surface area contributed by atoms with Crippen LogP contribution >= 0.6 is 67.8 Å². The quantitative estimate of drug-likeness (QED) is 0.358. The summed E-state index contributed by atoms with van der Waals surface area (Å²) in [5, 5.41) is 0. The lowest BCUT2D eigenvalue weighted by Gasteiger charge is -2.25. The van der Waals surface area contributed by atoms with Gasteiger partial charge in [-0.1, -0.05) is 0 Å². The fourth-order valence-electron chi connectivity index (χ4n) is 2.01. The smallest absolute Gasteiger partial charge is 0.255 e. The number of likely N-dealkylation sites (N-methyl/N-ethyl adjacent to an activating group) is 1. The normalized spacial score (nSPS) is 10.5. The first-order valence-corrected chi connectivity index (χ1v) is 9.98. The molecule has 0 unspecified atom stereocenters. The molecular weight excluding hydrogens is 653 g/mol. The van der Waals surface area contributed by atoms with Crippen LogP contribution in [-0.4, -0.2) is 57.4 Å². The average Bonchev–Trinajstić information content (AvgIpc) is 2.46. The van der Waals surface area contributed by atoms with E-state index in [1.54, 1.807) is 21.1 Å². The summed E-state index contributed by atoms with van der Waals surface area (Å²) in [5.41, 5.74) is 1.43. The molecule has 1 rings (SSSR count). The Bertz CT molecular complexity index is 705. The molecule has 0 radical (unpaired) electrons. The second kappa shape index (κ2) is 9.07. The minimum absolute atomic E-state index is 0.0823. The molecule has 6 nitrogen and oxygen atoms in total. The van der Waals surface area contributed by atoms with Crippen LogP contribution in [-0.2, 0) is 9.53 Å². The Hall–Kier alpha value is -0.0200. The molecule has 0 aliphatic heterocycles. The molecule has 0 saturated carbocycles. The Morgan fingerprint density at radius 1 is 0.958 bits per heavy atom. The van der Waals surface area contributed by atoms with Gasteiger partial charge in [-0.05, 0) is 74.7 Å². The van der Waals surface area contributed by atoms with Crippen molar-refractivity contribution in [2.24, 2.45) is 0 Å². The van der Waals surface area contributed by atoms with E-state index in [-0.39, 0.29) is 24.2 Å². The van der Waals surface area contributed by atoms with E-state index in [0.29, 0.717) is 27.5 Å². The number of amides is 2. The molecule has 2 amide bonds. The molecule has 0 heterocycles. The van der Waals surface area contributed by atoms with Gasteiger partial charge in [-0.15, -0.1) is 0 Å². The number of ketones is 1. The Balaban J connectivity index is 3.80. The first-order valence-electron chi connectivity index (χ1n) is 6.74. The van der Waals surface area contributed by atoms with Crippen LogP contribution in [0.25, 0.3) is 0 Å². The third kappa shape index (κ3) is 4.38. The van der Waals surface area contributed by atoms with Crippen molar-refractivity contribution >= 4 is 91.1 Å². The predicted octanol–water partition coefficient (Wildman–Crippen LogP) is 3.01. The van der Waals surface area contributed by atoms with E-state index in [1.807, 2.05) is 22.6 Å². The molecule has 0 aliphatic rings. The van der Waals surface area contributed by atoms with Crippen LogP contribution in [0.4, 0.5) is 5.69 Å². The lowest BCUT2D eigenvalue weighted by molar-refractivity contribution is -0.121. The van der Waals surface area contributed by atoms with Crippen LogP contribution in [0.1, 0.15) is 27.6 Å². The molecule has 24 heavy (non-hydrogen) atoms. The van der Waals surface area contributed by atoms with Gasteiger partial charge in [0.25, 0.3) is 11.8 Å². The number of hydrogen-bond acceptors (Lipinski definition) is 4. The average molecular weight is 670 g/mol. The maximum Gasteiger partial charge on any atom is 0.255 e. The van der Waals surface area contributed by atoms with Crippen LogP contribution in [0.2, 0.25) is 0 Å². The van der Waals surface area contributed by atoms with Gasteiger partial charge in [0, 0.05) is 41.0 Å². The fraction of sp³-hybridized carbons (Fsp3) is 0.400. The lowest BCUT2D eigenvalue weighted by atomic mass is 10.0. The van der Waals surface area contributed by atoms with E-state index in [4.69, 9.17) is 4.74 Å². The van der Waals surface area contributed by atoms with Crippen molar-refractivity contribution in [2.45, 2.75) is 6.92 Å². The second-order valence-corrected chi connectivity index (χ2v) is 8.42. The Morgan fingerprint density at radius 3 is 1.88 bits per heavy atom.